The number of thiophene rings is 1. The fourth-order valence-electron chi connectivity index (χ4n) is 2.11. The van der Waals surface area contributed by atoms with Gasteiger partial charge in [-0.05, 0) is 29.0 Å². The first kappa shape index (κ1) is 13.1. The van der Waals surface area contributed by atoms with Gasteiger partial charge in [0.1, 0.15) is 0 Å². The molecule has 0 spiro atoms. The van der Waals surface area contributed by atoms with E-state index in [4.69, 9.17) is 4.74 Å². The number of aromatic nitrogens is 1. The maximum Gasteiger partial charge on any atom is 0.221 e. The molecule has 0 fully saturated rings. The third-order valence-electron chi connectivity index (χ3n) is 3.09. The van der Waals surface area contributed by atoms with E-state index in [1.54, 1.807) is 11.3 Å². The summed E-state index contributed by atoms with van der Waals surface area (Å²) < 4.78 is 5.82. The molecule has 1 aromatic carbocycles. The molecule has 1 N–H and O–H groups in total. The highest BCUT2D eigenvalue weighted by Gasteiger charge is 2.06. The van der Waals surface area contributed by atoms with E-state index in [0.717, 1.165) is 17.2 Å². The van der Waals surface area contributed by atoms with Crippen molar-refractivity contribution in [3.05, 3.63) is 58.4 Å². The zero-order valence-electron chi connectivity index (χ0n) is 11.0. The summed E-state index contributed by atoms with van der Waals surface area (Å²) in [6.45, 7) is 0.512. The fraction of sp³-hybridized carbons (Fsp3) is 0.188. The van der Waals surface area contributed by atoms with E-state index in [1.807, 2.05) is 36.4 Å². The number of aliphatic hydroxyl groups excluding tert-OH is 1. The van der Waals surface area contributed by atoms with Crippen LogP contribution in [0.5, 0.6) is 5.88 Å². The van der Waals surface area contributed by atoms with E-state index in [-0.39, 0.29) is 6.61 Å². The van der Waals surface area contributed by atoms with Crippen molar-refractivity contribution in [1.82, 2.24) is 4.98 Å². The molecule has 102 valence electrons. The Kier molecular flexibility index (Phi) is 3.95. The molecule has 0 unspecified atom stereocenters. The van der Waals surface area contributed by atoms with E-state index < -0.39 is 0 Å². The predicted octanol–water partition coefficient (Wildman–Crippen LogP) is 3.41. The number of fused-ring (bicyclic) bond motifs is 1. The molecule has 2 aromatic heterocycles. The predicted molar refractivity (Wildman–Crippen MR) is 81.2 cm³/mol. The summed E-state index contributed by atoms with van der Waals surface area (Å²) in [5, 5.41) is 13.4. The lowest BCUT2D eigenvalue weighted by Crippen LogP contribution is -2.03. The van der Waals surface area contributed by atoms with Gasteiger partial charge in [-0.3, -0.25) is 0 Å². The maximum absolute atomic E-state index is 9.28. The minimum atomic E-state index is -0.0773. The molecule has 0 atom stereocenters. The summed E-state index contributed by atoms with van der Waals surface area (Å²) in [5.74, 6) is 0.601. The monoisotopic (exact) mass is 285 g/mol. The Labute approximate surface area is 121 Å². The smallest absolute Gasteiger partial charge is 0.221 e. The minimum Gasteiger partial charge on any atom is -0.477 e. The van der Waals surface area contributed by atoms with Gasteiger partial charge in [0.05, 0.1) is 18.9 Å². The van der Waals surface area contributed by atoms with Crippen molar-refractivity contribution >= 4 is 22.1 Å². The van der Waals surface area contributed by atoms with E-state index in [9.17, 15) is 5.11 Å². The van der Waals surface area contributed by atoms with Gasteiger partial charge in [0.25, 0.3) is 0 Å². The van der Waals surface area contributed by atoms with Gasteiger partial charge in [-0.1, -0.05) is 24.3 Å². The molecule has 0 bridgehead atoms. The van der Waals surface area contributed by atoms with E-state index in [2.05, 4.69) is 16.4 Å². The fourth-order valence-corrected chi connectivity index (χ4v) is 2.80. The topological polar surface area (TPSA) is 42.4 Å². The molecule has 3 aromatic rings. The molecule has 0 aliphatic heterocycles. The van der Waals surface area contributed by atoms with Crippen molar-refractivity contribution in [2.24, 2.45) is 0 Å². The largest absolute Gasteiger partial charge is 0.477 e. The third-order valence-corrected chi connectivity index (χ3v) is 4.02. The number of hydrogen-bond donors (Lipinski definition) is 1. The first-order valence-corrected chi connectivity index (χ1v) is 7.39. The van der Waals surface area contributed by atoms with Crippen LogP contribution in [0.3, 0.4) is 0 Å². The van der Waals surface area contributed by atoms with Crippen molar-refractivity contribution in [2.45, 2.75) is 13.0 Å². The molecular formula is C16H15NO2S. The molecular weight excluding hydrogens is 270 g/mol. The number of nitrogens with zero attached hydrogens (tertiary/aromatic N) is 1. The molecule has 0 radical (unpaired) electrons. The van der Waals surface area contributed by atoms with Crippen LogP contribution in [0.2, 0.25) is 0 Å². The molecule has 0 saturated heterocycles. The highest BCUT2D eigenvalue weighted by Crippen LogP contribution is 2.24. The van der Waals surface area contributed by atoms with Gasteiger partial charge in [-0.2, -0.15) is 0 Å². The van der Waals surface area contributed by atoms with Crippen molar-refractivity contribution in [3.8, 4) is 5.88 Å². The molecule has 0 aliphatic carbocycles. The standard InChI is InChI=1S/C16H15NO2S/c18-11-13-10-12-4-1-2-6-15(12)16(17-13)19-8-7-14-5-3-9-20-14/h1-6,9-10,18H,7-8,11H2. The quantitative estimate of drug-likeness (QED) is 0.781. The van der Waals surface area contributed by atoms with E-state index in [0.29, 0.717) is 18.2 Å². The lowest BCUT2D eigenvalue weighted by molar-refractivity contribution is 0.270. The summed E-state index contributed by atoms with van der Waals surface area (Å²) in [5.41, 5.74) is 0.634. The number of ether oxygens (including phenoxy) is 1. The Bertz CT molecular complexity index is 695. The zero-order chi connectivity index (χ0) is 13.8. The molecule has 0 saturated carbocycles. The normalized spacial score (nSPS) is 10.8. The van der Waals surface area contributed by atoms with Crippen LogP contribution in [0.4, 0.5) is 0 Å². The molecule has 0 amide bonds. The SMILES string of the molecule is OCc1cc2ccccc2c(OCCc2cccs2)n1. The summed E-state index contributed by atoms with van der Waals surface area (Å²) in [4.78, 5) is 5.67. The molecule has 3 nitrogen and oxygen atoms in total. The van der Waals surface area contributed by atoms with E-state index in [1.165, 1.54) is 4.88 Å². The first-order chi connectivity index (χ1) is 9.86. The van der Waals surface area contributed by atoms with Crippen LogP contribution in [-0.2, 0) is 13.0 Å². The lowest BCUT2D eigenvalue weighted by Gasteiger charge is -2.09. The summed E-state index contributed by atoms with van der Waals surface area (Å²) in [7, 11) is 0. The number of benzene rings is 1. The van der Waals surface area contributed by atoms with Crippen molar-refractivity contribution in [3.63, 3.8) is 0 Å². The van der Waals surface area contributed by atoms with Crippen molar-refractivity contribution in [1.29, 1.82) is 0 Å². The van der Waals surface area contributed by atoms with Crippen LogP contribution in [0.15, 0.2) is 47.8 Å². The van der Waals surface area contributed by atoms with Gasteiger partial charge >= 0.3 is 0 Å². The number of hydrogen-bond acceptors (Lipinski definition) is 4. The Hall–Kier alpha value is -1.91. The lowest BCUT2D eigenvalue weighted by atomic mass is 10.1. The zero-order valence-corrected chi connectivity index (χ0v) is 11.8. The number of pyridine rings is 1. The van der Waals surface area contributed by atoms with Crippen LogP contribution >= 0.6 is 11.3 Å². The summed E-state index contributed by atoms with van der Waals surface area (Å²) in [6, 6.07) is 14.0. The van der Waals surface area contributed by atoms with Gasteiger partial charge in [0, 0.05) is 16.7 Å². The number of rotatable bonds is 5. The van der Waals surface area contributed by atoms with Crippen LogP contribution in [0.1, 0.15) is 10.6 Å². The molecule has 2 heterocycles. The second-order valence-electron chi connectivity index (χ2n) is 4.48. The second kappa shape index (κ2) is 6.03. The highest BCUT2D eigenvalue weighted by atomic mass is 32.1. The Morgan fingerprint density at radius 1 is 1.15 bits per heavy atom. The average molecular weight is 285 g/mol. The van der Waals surface area contributed by atoms with Crippen LogP contribution in [-0.4, -0.2) is 16.7 Å². The second-order valence-corrected chi connectivity index (χ2v) is 5.51. The van der Waals surface area contributed by atoms with Gasteiger partial charge in [0.15, 0.2) is 0 Å². The van der Waals surface area contributed by atoms with Crippen LogP contribution < -0.4 is 4.74 Å². The summed E-state index contributed by atoms with van der Waals surface area (Å²) in [6.07, 6.45) is 0.872. The Balaban J connectivity index is 1.82. The van der Waals surface area contributed by atoms with Crippen molar-refractivity contribution < 1.29 is 9.84 Å². The average Bonchev–Trinajstić information content (AvgIpc) is 3.00. The molecule has 20 heavy (non-hydrogen) atoms. The van der Waals surface area contributed by atoms with Crippen molar-refractivity contribution in [2.75, 3.05) is 6.61 Å². The van der Waals surface area contributed by atoms with Gasteiger partial charge in [-0.25, -0.2) is 4.98 Å². The van der Waals surface area contributed by atoms with Crippen LogP contribution in [0.25, 0.3) is 10.8 Å². The summed E-state index contributed by atoms with van der Waals surface area (Å²) >= 11 is 1.73. The Morgan fingerprint density at radius 3 is 2.85 bits per heavy atom. The van der Waals surface area contributed by atoms with Gasteiger partial charge < -0.3 is 9.84 Å². The third kappa shape index (κ3) is 2.81. The van der Waals surface area contributed by atoms with Gasteiger partial charge in [0.2, 0.25) is 5.88 Å². The van der Waals surface area contributed by atoms with Crippen LogP contribution in [0, 0.1) is 0 Å². The maximum atomic E-state index is 9.28. The first-order valence-electron chi connectivity index (χ1n) is 6.51. The highest BCUT2D eigenvalue weighted by molar-refractivity contribution is 7.09. The van der Waals surface area contributed by atoms with Gasteiger partial charge in [-0.15, -0.1) is 11.3 Å². The molecule has 4 heteroatoms. The molecule has 0 aliphatic rings. The molecule has 3 rings (SSSR count). The van der Waals surface area contributed by atoms with E-state index >= 15 is 0 Å². The number of aliphatic hydroxyl groups is 1. The minimum absolute atomic E-state index is 0.0773. The Morgan fingerprint density at radius 2 is 2.05 bits per heavy atom.